The van der Waals surface area contributed by atoms with Crippen LogP contribution in [0.5, 0.6) is 0 Å². The summed E-state index contributed by atoms with van der Waals surface area (Å²) in [5, 5.41) is 3.09. The maximum absolute atomic E-state index is 11.4. The van der Waals surface area contributed by atoms with E-state index >= 15 is 0 Å². The Balaban J connectivity index is 2.29. The van der Waals surface area contributed by atoms with Crippen LogP contribution in [0.25, 0.3) is 0 Å². The van der Waals surface area contributed by atoms with E-state index < -0.39 is 0 Å². The minimum Gasteiger partial charge on any atom is -0.307 e. The number of amides is 1. The van der Waals surface area contributed by atoms with E-state index in [1.54, 1.807) is 6.92 Å². The van der Waals surface area contributed by atoms with Crippen molar-refractivity contribution in [2.24, 2.45) is 4.99 Å². The largest absolute Gasteiger partial charge is 0.307 e. The number of allylic oxidation sites excluding steroid dienone is 2. The quantitative estimate of drug-likeness (QED) is 0.320. The number of hydrogen-bond donors (Lipinski definition) is 1. The van der Waals surface area contributed by atoms with Crippen molar-refractivity contribution in [2.45, 2.75) is 91.4 Å². The molecule has 0 fully saturated rings. The fourth-order valence-corrected chi connectivity index (χ4v) is 3.82. The highest BCUT2D eigenvalue weighted by Crippen LogP contribution is 2.27. The lowest BCUT2D eigenvalue weighted by atomic mass is 10.1. The Bertz CT molecular complexity index is 419. The normalized spacial score (nSPS) is 24.6. The third-order valence-electron chi connectivity index (χ3n) is 5.38. The molecule has 0 aromatic rings. The molecule has 0 aromatic heterocycles. The van der Waals surface area contributed by atoms with Crippen molar-refractivity contribution >= 4 is 12.1 Å². The standard InChI is InChI=1S/C20H37N3O/c1-5-7-8-9-10-11-12-13-14-15-20-21-16-17-23(20,6-2)18(3)22-19(4)24/h5,7,16,18,20H,6,8-15,17H2,1-4H3/p+1/b7-5+. The predicted octanol–water partition coefficient (Wildman–Crippen LogP) is 4.41. The Labute approximate surface area is 149 Å². The predicted molar refractivity (Wildman–Crippen MR) is 103 cm³/mol. The molecular weight excluding hydrogens is 298 g/mol. The van der Waals surface area contributed by atoms with E-state index in [2.05, 4.69) is 44.5 Å². The highest BCUT2D eigenvalue weighted by Gasteiger charge is 2.42. The minimum absolute atomic E-state index is 0.0528. The highest BCUT2D eigenvalue weighted by atomic mass is 16.1. The highest BCUT2D eigenvalue weighted by molar-refractivity contribution is 5.73. The second-order valence-corrected chi connectivity index (χ2v) is 7.06. The summed E-state index contributed by atoms with van der Waals surface area (Å²) in [5.74, 6) is 0.0528. The lowest BCUT2D eigenvalue weighted by Gasteiger charge is -2.42. The van der Waals surface area contributed by atoms with Gasteiger partial charge in [-0.2, -0.15) is 0 Å². The Morgan fingerprint density at radius 2 is 1.96 bits per heavy atom. The van der Waals surface area contributed by atoms with Gasteiger partial charge in [-0.05, 0) is 33.1 Å². The third kappa shape index (κ3) is 6.39. The first-order chi connectivity index (χ1) is 11.6. The number of quaternary nitrogens is 1. The van der Waals surface area contributed by atoms with Crippen LogP contribution in [-0.4, -0.2) is 42.0 Å². The van der Waals surface area contributed by atoms with E-state index in [0.29, 0.717) is 6.17 Å². The van der Waals surface area contributed by atoms with Crippen molar-refractivity contribution in [1.82, 2.24) is 5.32 Å². The van der Waals surface area contributed by atoms with E-state index in [-0.39, 0.29) is 12.1 Å². The zero-order chi connectivity index (χ0) is 17.8. The van der Waals surface area contributed by atoms with Gasteiger partial charge >= 0.3 is 0 Å². The van der Waals surface area contributed by atoms with Crippen molar-refractivity contribution in [3.8, 4) is 0 Å². The molecule has 0 bridgehead atoms. The summed E-state index contributed by atoms with van der Waals surface area (Å²) >= 11 is 0. The van der Waals surface area contributed by atoms with Gasteiger partial charge in [0, 0.05) is 20.3 Å². The number of carbonyl (C=O) groups excluding carboxylic acids is 1. The first-order valence-electron chi connectivity index (χ1n) is 9.83. The molecule has 0 aromatic carbocycles. The molecule has 3 unspecified atom stereocenters. The van der Waals surface area contributed by atoms with Crippen molar-refractivity contribution in [1.29, 1.82) is 0 Å². The van der Waals surface area contributed by atoms with E-state index in [1.807, 2.05) is 0 Å². The van der Waals surface area contributed by atoms with Gasteiger partial charge < -0.3 is 5.32 Å². The summed E-state index contributed by atoms with van der Waals surface area (Å²) in [7, 11) is 0. The number of nitrogens with one attached hydrogen (secondary N) is 1. The summed E-state index contributed by atoms with van der Waals surface area (Å²) in [6.07, 6.45) is 17.2. The fourth-order valence-electron chi connectivity index (χ4n) is 3.82. The smallest absolute Gasteiger partial charge is 0.221 e. The molecule has 0 spiro atoms. The molecule has 1 heterocycles. The second-order valence-electron chi connectivity index (χ2n) is 7.06. The number of unbranched alkanes of at least 4 members (excludes halogenated alkanes) is 6. The number of nitrogens with zero attached hydrogens (tertiary/aromatic N) is 2. The Morgan fingerprint density at radius 1 is 1.29 bits per heavy atom. The summed E-state index contributed by atoms with van der Waals surface area (Å²) in [6.45, 7) is 9.98. The van der Waals surface area contributed by atoms with Crippen LogP contribution in [0.15, 0.2) is 17.1 Å². The summed E-state index contributed by atoms with van der Waals surface area (Å²) < 4.78 is 0.878. The number of hydrogen-bond acceptors (Lipinski definition) is 2. The van der Waals surface area contributed by atoms with Gasteiger partial charge in [0.1, 0.15) is 6.54 Å². The van der Waals surface area contributed by atoms with Crippen molar-refractivity contribution in [2.75, 3.05) is 13.1 Å². The fraction of sp³-hybridized carbons (Fsp3) is 0.800. The van der Waals surface area contributed by atoms with Crippen LogP contribution >= 0.6 is 0 Å². The monoisotopic (exact) mass is 336 g/mol. The van der Waals surface area contributed by atoms with Gasteiger partial charge in [0.15, 0.2) is 12.3 Å². The molecule has 0 radical (unpaired) electrons. The van der Waals surface area contributed by atoms with Crippen molar-refractivity contribution in [3.05, 3.63) is 12.2 Å². The molecule has 1 N–H and O–H groups in total. The van der Waals surface area contributed by atoms with Gasteiger partial charge in [-0.1, -0.05) is 37.8 Å². The molecule has 4 heteroatoms. The Morgan fingerprint density at radius 3 is 2.58 bits per heavy atom. The SMILES string of the molecule is C/C=C/CCCCCCCCC1N=CC[N+]1(CC)C(C)NC(C)=O. The molecule has 1 rings (SSSR count). The molecule has 1 amide bonds. The van der Waals surface area contributed by atoms with E-state index in [1.165, 1.54) is 44.9 Å². The molecule has 1 aliphatic rings. The number of carbonyl (C=O) groups is 1. The third-order valence-corrected chi connectivity index (χ3v) is 5.38. The van der Waals surface area contributed by atoms with Crippen LogP contribution in [0, 0.1) is 0 Å². The summed E-state index contributed by atoms with van der Waals surface area (Å²) in [5.41, 5.74) is 0. The van der Waals surface area contributed by atoms with Gasteiger partial charge in [0.05, 0.1) is 12.8 Å². The molecule has 138 valence electrons. The van der Waals surface area contributed by atoms with Gasteiger partial charge in [-0.15, -0.1) is 0 Å². The van der Waals surface area contributed by atoms with Crippen molar-refractivity contribution in [3.63, 3.8) is 0 Å². The molecule has 24 heavy (non-hydrogen) atoms. The molecule has 1 aliphatic heterocycles. The van der Waals surface area contributed by atoms with Gasteiger partial charge in [0.25, 0.3) is 0 Å². The van der Waals surface area contributed by atoms with Gasteiger partial charge in [-0.3, -0.25) is 9.28 Å². The lowest BCUT2D eigenvalue weighted by molar-refractivity contribution is -0.959. The Kier molecular flexibility index (Phi) is 9.92. The second kappa shape index (κ2) is 11.4. The number of rotatable bonds is 12. The first kappa shape index (κ1) is 20.9. The van der Waals surface area contributed by atoms with E-state index in [0.717, 1.165) is 24.0 Å². The summed E-state index contributed by atoms with van der Waals surface area (Å²) in [6, 6.07) is 0. The molecule has 0 saturated heterocycles. The van der Waals surface area contributed by atoms with E-state index in [9.17, 15) is 4.79 Å². The topological polar surface area (TPSA) is 41.5 Å². The van der Waals surface area contributed by atoms with Crippen molar-refractivity contribution < 1.29 is 9.28 Å². The maximum Gasteiger partial charge on any atom is 0.221 e. The van der Waals surface area contributed by atoms with Crippen LogP contribution in [0.2, 0.25) is 0 Å². The van der Waals surface area contributed by atoms with Crippen LogP contribution in [0.4, 0.5) is 0 Å². The van der Waals surface area contributed by atoms with Gasteiger partial charge in [0.2, 0.25) is 5.91 Å². The average molecular weight is 337 g/mol. The lowest BCUT2D eigenvalue weighted by Crippen LogP contribution is -2.63. The molecule has 0 saturated carbocycles. The van der Waals surface area contributed by atoms with Crippen LogP contribution < -0.4 is 5.32 Å². The average Bonchev–Trinajstić information content (AvgIpc) is 2.97. The van der Waals surface area contributed by atoms with Crippen LogP contribution in [0.3, 0.4) is 0 Å². The zero-order valence-corrected chi connectivity index (χ0v) is 16.3. The van der Waals surface area contributed by atoms with Gasteiger partial charge in [-0.25, -0.2) is 4.99 Å². The Hall–Kier alpha value is -1.16. The van der Waals surface area contributed by atoms with Crippen LogP contribution in [-0.2, 0) is 4.79 Å². The maximum atomic E-state index is 11.4. The van der Waals surface area contributed by atoms with Crippen LogP contribution in [0.1, 0.15) is 79.1 Å². The molecule has 4 nitrogen and oxygen atoms in total. The van der Waals surface area contributed by atoms with E-state index in [4.69, 9.17) is 4.99 Å². The molecule has 3 atom stereocenters. The molecular formula is C20H38N3O+. The first-order valence-corrected chi connectivity index (χ1v) is 9.83. The molecule has 0 aliphatic carbocycles. The number of aliphatic imine (C=N–C) groups is 1. The summed E-state index contributed by atoms with van der Waals surface area (Å²) in [4.78, 5) is 16.2. The minimum atomic E-state index is 0.0528. The zero-order valence-electron chi connectivity index (χ0n) is 16.3.